The number of anilines is 1. The van der Waals surface area contributed by atoms with Gasteiger partial charge in [0.25, 0.3) is 0 Å². The minimum absolute atomic E-state index is 0.273. The third-order valence-corrected chi connectivity index (χ3v) is 3.12. The number of aromatic nitrogens is 2. The van der Waals surface area contributed by atoms with Crippen molar-refractivity contribution in [3.05, 3.63) is 23.9 Å². The summed E-state index contributed by atoms with van der Waals surface area (Å²) in [6.07, 6.45) is 1.71. The van der Waals surface area contributed by atoms with Crippen LogP contribution in [-0.2, 0) is 0 Å². The van der Waals surface area contributed by atoms with E-state index < -0.39 is 0 Å². The molecule has 0 bridgehead atoms. The Labute approximate surface area is 112 Å². The molecule has 2 aromatic rings. The predicted molar refractivity (Wildman–Crippen MR) is 75.6 cm³/mol. The topological polar surface area (TPSA) is 73.2 Å². The average Bonchev–Trinajstić information content (AvgIpc) is 2.82. The molecule has 0 radical (unpaired) electrons. The lowest BCUT2D eigenvalue weighted by molar-refractivity contribution is 0.398. The van der Waals surface area contributed by atoms with Gasteiger partial charge in [-0.2, -0.15) is 5.10 Å². The highest BCUT2D eigenvalue weighted by molar-refractivity contribution is 5.82. The Morgan fingerprint density at radius 2 is 1.79 bits per heavy atom. The number of methoxy groups -OCH3 is 2. The number of benzene rings is 1. The monoisotopic (exact) mass is 261 g/mol. The molecule has 19 heavy (non-hydrogen) atoms. The number of H-pyrrole nitrogens is 1. The van der Waals surface area contributed by atoms with E-state index in [1.807, 2.05) is 12.1 Å². The molecule has 5 nitrogen and oxygen atoms in total. The van der Waals surface area contributed by atoms with Gasteiger partial charge in [0.1, 0.15) is 17.3 Å². The number of hydrogen-bond donors (Lipinski definition) is 2. The third-order valence-electron chi connectivity index (χ3n) is 3.12. The molecule has 0 unspecified atom stereocenters. The Morgan fingerprint density at radius 1 is 1.16 bits per heavy atom. The van der Waals surface area contributed by atoms with Crippen molar-refractivity contribution in [1.82, 2.24) is 10.2 Å². The molecule has 3 N–H and O–H groups in total. The van der Waals surface area contributed by atoms with Crippen molar-refractivity contribution in [2.75, 3.05) is 20.0 Å². The zero-order chi connectivity index (χ0) is 14.0. The van der Waals surface area contributed by atoms with E-state index in [0.29, 0.717) is 5.82 Å². The minimum atomic E-state index is 0.273. The van der Waals surface area contributed by atoms with Crippen LogP contribution in [0.2, 0.25) is 0 Å². The molecule has 1 aromatic heterocycles. The lowest BCUT2D eigenvalue weighted by atomic mass is 9.91. The molecule has 0 atom stereocenters. The summed E-state index contributed by atoms with van der Waals surface area (Å²) in [5.74, 6) is 2.38. The molecule has 0 saturated heterocycles. The van der Waals surface area contributed by atoms with Crippen LogP contribution in [0.4, 0.5) is 5.82 Å². The number of hydrogen-bond acceptors (Lipinski definition) is 4. The van der Waals surface area contributed by atoms with Crippen molar-refractivity contribution in [2.24, 2.45) is 0 Å². The quantitative estimate of drug-likeness (QED) is 0.887. The van der Waals surface area contributed by atoms with Gasteiger partial charge in [-0.15, -0.1) is 0 Å². The summed E-state index contributed by atoms with van der Waals surface area (Å²) in [6, 6.07) is 3.79. The minimum Gasteiger partial charge on any atom is -0.496 e. The van der Waals surface area contributed by atoms with E-state index >= 15 is 0 Å². The Bertz CT molecular complexity index is 576. The molecule has 0 aliphatic rings. The van der Waals surface area contributed by atoms with Gasteiger partial charge in [-0.25, -0.2) is 0 Å². The van der Waals surface area contributed by atoms with Crippen molar-refractivity contribution in [2.45, 2.75) is 19.8 Å². The van der Waals surface area contributed by atoms with Crippen LogP contribution in [0.1, 0.15) is 25.3 Å². The van der Waals surface area contributed by atoms with E-state index in [1.165, 1.54) is 0 Å². The van der Waals surface area contributed by atoms with E-state index in [-0.39, 0.29) is 5.92 Å². The summed E-state index contributed by atoms with van der Waals surface area (Å²) >= 11 is 0. The van der Waals surface area contributed by atoms with Gasteiger partial charge >= 0.3 is 0 Å². The predicted octanol–water partition coefficient (Wildman–Crippen LogP) is 2.80. The molecule has 1 aromatic carbocycles. The number of nitrogens with two attached hydrogens (primary N) is 1. The summed E-state index contributed by atoms with van der Waals surface area (Å²) in [5, 5.41) is 6.74. The van der Waals surface area contributed by atoms with Crippen LogP contribution in [0, 0.1) is 0 Å². The van der Waals surface area contributed by atoms with Crippen LogP contribution in [0.5, 0.6) is 11.5 Å². The Balaban J connectivity index is 2.78. The fraction of sp³-hybridized carbons (Fsp3) is 0.357. The molecule has 2 rings (SSSR count). The first-order valence-corrected chi connectivity index (χ1v) is 6.14. The summed E-state index contributed by atoms with van der Waals surface area (Å²) in [4.78, 5) is 0. The first kappa shape index (κ1) is 13.3. The van der Waals surface area contributed by atoms with Gasteiger partial charge in [0, 0.05) is 16.7 Å². The molecule has 0 aliphatic heterocycles. The zero-order valence-corrected chi connectivity index (χ0v) is 11.7. The van der Waals surface area contributed by atoms with Crippen LogP contribution in [-0.4, -0.2) is 24.4 Å². The van der Waals surface area contributed by atoms with Crippen molar-refractivity contribution in [3.63, 3.8) is 0 Å². The van der Waals surface area contributed by atoms with Gasteiger partial charge in [0.05, 0.1) is 20.4 Å². The van der Waals surface area contributed by atoms with Crippen LogP contribution in [0.25, 0.3) is 11.1 Å². The van der Waals surface area contributed by atoms with Gasteiger partial charge in [0.2, 0.25) is 0 Å². The molecule has 5 heteroatoms. The van der Waals surface area contributed by atoms with Crippen LogP contribution in [0.15, 0.2) is 18.3 Å². The summed E-state index contributed by atoms with van der Waals surface area (Å²) < 4.78 is 10.9. The highest BCUT2D eigenvalue weighted by Gasteiger charge is 2.21. The first-order chi connectivity index (χ1) is 9.10. The highest BCUT2D eigenvalue weighted by Crippen LogP contribution is 2.43. The van der Waals surface area contributed by atoms with E-state index in [4.69, 9.17) is 15.2 Å². The fourth-order valence-corrected chi connectivity index (χ4v) is 2.27. The van der Waals surface area contributed by atoms with Gasteiger partial charge in [-0.3, -0.25) is 5.10 Å². The van der Waals surface area contributed by atoms with Crippen LogP contribution in [0.3, 0.4) is 0 Å². The van der Waals surface area contributed by atoms with E-state index in [9.17, 15) is 0 Å². The summed E-state index contributed by atoms with van der Waals surface area (Å²) in [6.45, 7) is 4.22. The highest BCUT2D eigenvalue weighted by atomic mass is 16.5. The maximum absolute atomic E-state index is 5.94. The van der Waals surface area contributed by atoms with Crippen molar-refractivity contribution in [3.8, 4) is 22.6 Å². The van der Waals surface area contributed by atoms with Gasteiger partial charge in [0.15, 0.2) is 0 Å². The molecule has 0 aliphatic carbocycles. The van der Waals surface area contributed by atoms with E-state index in [0.717, 1.165) is 28.2 Å². The summed E-state index contributed by atoms with van der Waals surface area (Å²) in [7, 11) is 3.31. The van der Waals surface area contributed by atoms with Gasteiger partial charge in [-0.05, 0) is 18.1 Å². The molecule has 102 valence electrons. The smallest absolute Gasteiger partial charge is 0.127 e. The van der Waals surface area contributed by atoms with Crippen molar-refractivity contribution in [1.29, 1.82) is 0 Å². The normalized spacial score (nSPS) is 10.8. The Kier molecular flexibility index (Phi) is 3.64. The Hall–Kier alpha value is -2.17. The van der Waals surface area contributed by atoms with Crippen molar-refractivity contribution < 1.29 is 9.47 Å². The standard InChI is InChI=1S/C14H19N3O2/c1-8(2)12-10(18-3)5-6-11(19-4)13(12)9-7-16-17-14(9)15/h5-8H,1-4H3,(H3,15,16,17). The van der Waals surface area contributed by atoms with Crippen LogP contribution < -0.4 is 15.2 Å². The summed E-state index contributed by atoms with van der Waals surface area (Å²) in [5.41, 5.74) is 8.77. The van der Waals surface area contributed by atoms with Gasteiger partial charge < -0.3 is 15.2 Å². The lowest BCUT2D eigenvalue weighted by Crippen LogP contribution is -2.01. The fourth-order valence-electron chi connectivity index (χ4n) is 2.27. The number of nitrogens with one attached hydrogen (secondary N) is 1. The second-order valence-corrected chi connectivity index (χ2v) is 4.61. The van der Waals surface area contributed by atoms with Crippen LogP contribution >= 0.6 is 0 Å². The van der Waals surface area contributed by atoms with Crippen molar-refractivity contribution >= 4 is 5.82 Å². The number of ether oxygens (including phenoxy) is 2. The number of nitrogen functional groups attached to an aromatic ring is 1. The first-order valence-electron chi connectivity index (χ1n) is 6.14. The van der Waals surface area contributed by atoms with Gasteiger partial charge in [-0.1, -0.05) is 13.8 Å². The van der Waals surface area contributed by atoms with E-state index in [2.05, 4.69) is 24.0 Å². The maximum Gasteiger partial charge on any atom is 0.127 e. The lowest BCUT2D eigenvalue weighted by Gasteiger charge is -2.19. The number of aromatic amines is 1. The molecule has 0 spiro atoms. The number of rotatable bonds is 4. The largest absolute Gasteiger partial charge is 0.496 e. The van der Waals surface area contributed by atoms with E-state index in [1.54, 1.807) is 20.4 Å². The molecule has 0 saturated carbocycles. The number of nitrogens with zero attached hydrogens (tertiary/aromatic N) is 1. The third kappa shape index (κ3) is 2.23. The molecular formula is C14H19N3O2. The molecule has 0 amide bonds. The molecule has 1 heterocycles. The maximum atomic E-state index is 5.94. The second-order valence-electron chi connectivity index (χ2n) is 4.61. The average molecular weight is 261 g/mol. The SMILES string of the molecule is COc1ccc(OC)c(C(C)C)c1-c1cn[nH]c1N. The molecular weight excluding hydrogens is 242 g/mol. The molecule has 0 fully saturated rings. The Morgan fingerprint density at radius 3 is 2.26 bits per heavy atom. The zero-order valence-electron chi connectivity index (χ0n) is 11.7. The second kappa shape index (κ2) is 5.22.